The molecule has 3 unspecified atom stereocenters. The predicted molar refractivity (Wildman–Crippen MR) is 112 cm³/mol. The van der Waals surface area contributed by atoms with Crippen molar-refractivity contribution in [2.24, 2.45) is 16.8 Å². The van der Waals surface area contributed by atoms with Crippen molar-refractivity contribution in [1.29, 1.82) is 0 Å². The Hall–Kier alpha value is -0.850. The summed E-state index contributed by atoms with van der Waals surface area (Å²) in [6.07, 6.45) is 6.12. The lowest BCUT2D eigenvalue weighted by Crippen LogP contribution is -2.41. The Morgan fingerprint density at radius 2 is 2.00 bits per heavy atom. The molecule has 6 heteroatoms. The molecule has 158 valence electrons. The van der Waals surface area contributed by atoms with Gasteiger partial charge in [0.05, 0.1) is 12.7 Å². The molecule has 0 amide bonds. The van der Waals surface area contributed by atoms with Gasteiger partial charge in [-0.2, -0.15) is 0 Å². The standard InChI is InChI=1S/C21H42N4O2/c1-4-22-21(24-10-7-12-26-17-20-8-5-13-27-20)23-9-6-11-25-15-18(2)14-19(3)16-25/h18-20H,4-17H2,1-3H3,(H2,22,23,24). The largest absolute Gasteiger partial charge is 0.379 e. The zero-order valence-corrected chi connectivity index (χ0v) is 17.8. The van der Waals surface area contributed by atoms with Crippen molar-refractivity contribution in [2.45, 2.75) is 59.0 Å². The van der Waals surface area contributed by atoms with Crippen LogP contribution in [0, 0.1) is 11.8 Å². The lowest BCUT2D eigenvalue weighted by Gasteiger charge is -2.35. The van der Waals surface area contributed by atoms with E-state index in [4.69, 9.17) is 9.47 Å². The number of guanidine groups is 1. The molecule has 2 N–H and O–H groups in total. The molecule has 2 rings (SSSR count). The number of nitrogens with one attached hydrogen (secondary N) is 2. The number of nitrogens with zero attached hydrogens (tertiary/aromatic N) is 2. The van der Waals surface area contributed by atoms with E-state index in [0.29, 0.717) is 6.10 Å². The second-order valence-electron chi connectivity index (χ2n) is 8.31. The second kappa shape index (κ2) is 13.3. The molecule has 2 saturated heterocycles. The summed E-state index contributed by atoms with van der Waals surface area (Å²) in [7, 11) is 0. The Morgan fingerprint density at radius 1 is 1.19 bits per heavy atom. The van der Waals surface area contributed by atoms with Gasteiger partial charge in [0.1, 0.15) is 0 Å². The van der Waals surface area contributed by atoms with E-state index in [1.165, 1.54) is 32.5 Å². The van der Waals surface area contributed by atoms with Crippen molar-refractivity contribution < 1.29 is 9.47 Å². The Balaban J connectivity index is 1.53. The molecule has 2 fully saturated rings. The first-order chi connectivity index (χ1) is 13.2. The van der Waals surface area contributed by atoms with Crippen LogP contribution >= 0.6 is 0 Å². The summed E-state index contributed by atoms with van der Waals surface area (Å²) in [6, 6.07) is 0. The van der Waals surface area contributed by atoms with Gasteiger partial charge in [-0.15, -0.1) is 0 Å². The first-order valence-corrected chi connectivity index (χ1v) is 11.1. The molecule has 0 saturated carbocycles. The predicted octanol–water partition coefficient (Wildman–Crippen LogP) is 2.50. The molecule has 2 aliphatic heterocycles. The van der Waals surface area contributed by atoms with Gasteiger partial charge in [0.25, 0.3) is 0 Å². The molecule has 0 radical (unpaired) electrons. The van der Waals surface area contributed by atoms with E-state index in [-0.39, 0.29) is 0 Å². The van der Waals surface area contributed by atoms with E-state index in [2.05, 4.69) is 41.3 Å². The maximum absolute atomic E-state index is 5.70. The van der Waals surface area contributed by atoms with Crippen molar-refractivity contribution in [1.82, 2.24) is 15.5 Å². The van der Waals surface area contributed by atoms with E-state index in [1.54, 1.807) is 0 Å². The van der Waals surface area contributed by atoms with Crippen LogP contribution in [0.15, 0.2) is 4.99 Å². The highest BCUT2D eigenvalue weighted by Crippen LogP contribution is 2.20. The maximum Gasteiger partial charge on any atom is 0.191 e. The third kappa shape index (κ3) is 9.77. The van der Waals surface area contributed by atoms with Gasteiger partial charge in [-0.25, -0.2) is 0 Å². The van der Waals surface area contributed by atoms with Crippen LogP contribution in [0.3, 0.4) is 0 Å². The molecule has 0 aromatic heterocycles. The molecule has 0 aliphatic carbocycles. The van der Waals surface area contributed by atoms with Crippen LogP contribution in [0.4, 0.5) is 0 Å². The topological polar surface area (TPSA) is 58.1 Å². The number of hydrogen-bond donors (Lipinski definition) is 2. The molecule has 6 nitrogen and oxygen atoms in total. The van der Waals surface area contributed by atoms with Crippen LogP contribution in [0.2, 0.25) is 0 Å². The van der Waals surface area contributed by atoms with Crippen molar-refractivity contribution in [3.05, 3.63) is 0 Å². The summed E-state index contributed by atoms with van der Waals surface area (Å²) in [6.45, 7) is 15.6. The van der Waals surface area contributed by atoms with E-state index in [0.717, 1.165) is 76.5 Å². The first kappa shape index (κ1) is 22.4. The molecular formula is C21H42N4O2. The van der Waals surface area contributed by atoms with Crippen molar-refractivity contribution in [3.8, 4) is 0 Å². The highest BCUT2D eigenvalue weighted by atomic mass is 16.5. The van der Waals surface area contributed by atoms with E-state index >= 15 is 0 Å². The highest BCUT2D eigenvalue weighted by molar-refractivity contribution is 5.79. The van der Waals surface area contributed by atoms with Crippen LogP contribution in [0.25, 0.3) is 0 Å². The number of rotatable bonds is 11. The number of ether oxygens (including phenoxy) is 2. The van der Waals surface area contributed by atoms with E-state index in [9.17, 15) is 0 Å². The lowest BCUT2D eigenvalue weighted by atomic mass is 9.92. The minimum absolute atomic E-state index is 0.318. The fourth-order valence-electron chi connectivity index (χ4n) is 4.17. The van der Waals surface area contributed by atoms with E-state index < -0.39 is 0 Å². The monoisotopic (exact) mass is 382 g/mol. The zero-order valence-electron chi connectivity index (χ0n) is 17.8. The Morgan fingerprint density at radius 3 is 2.70 bits per heavy atom. The highest BCUT2D eigenvalue weighted by Gasteiger charge is 2.21. The minimum Gasteiger partial charge on any atom is -0.379 e. The van der Waals surface area contributed by atoms with Crippen molar-refractivity contribution in [3.63, 3.8) is 0 Å². The smallest absolute Gasteiger partial charge is 0.191 e. The number of hydrogen-bond acceptors (Lipinski definition) is 4. The Bertz CT molecular complexity index is 403. The summed E-state index contributed by atoms with van der Waals surface area (Å²) < 4.78 is 11.3. The SMILES string of the molecule is CCNC(=NCCCOCC1CCCO1)NCCCN1CC(C)CC(C)C1. The summed E-state index contributed by atoms with van der Waals surface area (Å²) in [5.74, 6) is 2.60. The molecule has 27 heavy (non-hydrogen) atoms. The maximum atomic E-state index is 5.70. The summed E-state index contributed by atoms with van der Waals surface area (Å²) in [5.41, 5.74) is 0. The number of aliphatic imine (C=N–C) groups is 1. The van der Waals surface area contributed by atoms with E-state index in [1.807, 2.05) is 0 Å². The van der Waals surface area contributed by atoms with Gasteiger partial charge in [-0.3, -0.25) is 4.99 Å². The van der Waals surface area contributed by atoms with Crippen LogP contribution in [0.5, 0.6) is 0 Å². The molecule has 0 aromatic carbocycles. The third-order valence-electron chi connectivity index (χ3n) is 5.28. The van der Waals surface area contributed by atoms with Gasteiger partial charge in [0.2, 0.25) is 0 Å². The molecule has 0 bridgehead atoms. The quantitative estimate of drug-likeness (QED) is 0.327. The molecule has 3 atom stereocenters. The van der Waals surface area contributed by atoms with Crippen LogP contribution in [-0.4, -0.2) is 76.1 Å². The molecule has 2 aliphatic rings. The minimum atomic E-state index is 0.318. The van der Waals surface area contributed by atoms with Crippen LogP contribution < -0.4 is 10.6 Å². The lowest BCUT2D eigenvalue weighted by molar-refractivity contribution is 0.0171. The van der Waals surface area contributed by atoms with Crippen LogP contribution in [-0.2, 0) is 9.47 Å². The van der Waals surface area contributed by atoms with Gasteiger partial charge in [-0.05, 0) is 57.4 Å². The molecule has 0 spiro atoms. The number of piperidine rings is 1. The van der Waals surface area contributed by atoms with Crippen molar-refractivity contribution >= 4 is 5.96 Å². The third-order valence-corrected chi connectivity index (χ3v) is 5.28. The van der Waals surface area contributed by atoms with Gasteiger partial charge in [-0.1, -0.05) is 13.8 Å². The second-order valence-corrected chi connectivity index (χ2v) is 8.31. The van der Waals surface area contributed by atoms with Gasteiger partial charge in [0.15, 0.2) is 5.96 Å². The first-order valence-electron chi connectivity index (χ1n) is 11.1. The number of likely N-dealkylation sites (tertiary alicyclic amines) is 1. The van der Waals surface area contributed by atoms with Crippen LogP contribution in [0.1, 0.15) is 52.9 Å². The average Bonchev–Trinajstić information content (AvgIpc) is 3.14. The summed E-state index contributed by atoms with van der Waals surface area (Å²) >= 11 is 0. The summed E-state index contributed by atoms with van der Waals surface area (Å²) in [4.78, 5) is 7.28. The Kier molecular flexibility index (Phi) is 11.1. The fourth-order valence-corrected chi connectivity index (χ4v) is 4.17. The fraction of sp³-hybridized carbons (Fsp3) is 0.952. The summed E-state index contributed by atoms with van der Waals surface area (Å²) in [5, 5.41) is 6.81. The normalized spacial score (nSPS) is 27.1. The molecule has 0 aromatic rings. The van der Waals surface area contributed by atoms with Crippen molar-refractivity contribution in [2.75, 3.05) is 59.1 Å². The molecule has 2 heterocycles. The van der Waals surface area contributed by atoms with Gasteiger partial charge >= 0.3 is 0 Å². The van der Waals surface area contributed by atoms with Gasteiger partial charge in [0, 0.05) is 45.9 Å². The average molecular weight is 383 g/mol. The molecular weight excluding hydrogens is 340 g/mol. The van der Waals surface area contributed by atoms with Gasteiger partial charge < -0.3 is 25.0 Å². The zero-order chi connectivity index (χ0) is 19.3. The Labute approximate surface area is 166 Å².